The average Bonchev–Trinajstić information content (AvgIpc) is 2.60. The smallest absolute Gasteiger partial charge is 0.244 e. The molecule has 0 aliphatic carbocycles. The summed E-state index contributed by atoms with van der Waals surface area (Å²) in [5.41, 5.74) is 1.78. The van der Waals surface area contributed by atoms with Gasteiger partial charge in [0.2, 0.25) is 15.9 Å². The molecule has 0 unspecified atom stereocenters. The van der Waals surface area contributed by atoms with Crippen LogP contribution in [0, 0.1) is 0 Å². The Balaban J connectivity index is 1.83. The third kappa shape index (κ3) is 6.06. The number of nitrogens with two attached hydrogens (primary N) is 1. The van der Waals surface area contributed by atoms with E-state index in [9.17, 15) is 13.2 Å². The van der Waals surface area contributed by atoms with Crippen molar-refractivity contribution in [3.63, 3.8) is 0 Å². The summed E-state index contributed by atoms with van der Waals surface area (Å²) < 4.78 is 27.5. The fourth-order valence-corrected chi connectivity index (χ4v) is 2.67. The normalized spacial score (nSPS) is 11.4. The van der Waals surface area contributed by atoms with Crippen molar-refractivity contribution in [3.8, 4) is 5.75 Å². The van der Waals surface area contributed by atoms with Gasteiger partial charge in [-0.15, -0.1) is 0 Å². The molecular weight excluding hydrogens is 340 g/mol. The molecule has 132 valence electrons. The van der Waals surface area contributed by atoms with E-state index in [1.165, 1.54) is 18.2 Å². The predicted octanol–water partition coefficient (Wildman–Crippen LogP) is 1.71. The molecule has 0 fully saturated rings. The number of ether oxygens (including phenoxy) is 1. The van der Waals surface area contributed by atoms with Crippen molar-refractivity contribution < 1.29 is 17.9 Å². The van der Waals surface area contributed by atoms with Gasteiger partial charge in [0.1, 0.15) is 5.75 Å². The highest BCUT2D eigenvalue weighted by Crippen LogP contribution is 2.13. The van der Waals surface area contributed by atoms with Gasteiger partial charge in [0.05, 0.1) is 12.0 Å². The Morgan fingerprint density at radius 2 is 1.92 bits per heavy atom. The van der Waals surface area contributed by atoms with Crippen molar-refractivity contribution in [2.45, 2.75) is 11.3 Å². The molecule has 2 rings (SSSR count). The van der Waals surface area contributed by atoms with Gasteiger partial charge in [0.25, 0.3) is 0 Å². The number of primary sulfonamides is 1. The lowest BCUT2D eigenvalue weighted by Crippen LogP contribution is -2.23. The Morgan fingerprint density at radius 1 is 1.20 bits per heavy atom. The standard InChI is InChI=1S/C18H20N2O4S/c1-24-16-4-2-3-15(13-16)7-10-18(21)20-12-11-14-5-8-17(9-6-14)25(19,22)23/h2-10,13H,11-12H2,1H3,(H,20,21)(H2,19,22,23). The Labute approximate surface area is 147 Å². The summed E-state index contributed by atoms with van der Waals surface area (Å²) in [7, 11) is -2.09. The van der Waals surface area contributed by atoms with E-state index < -0.39 is 10.0 Å². The molecule has 0 heterocycles. The molecule has 0 aliphatic rings. The minimum Gasteiger partial charge on any atom is -0.497 e. The maximum atomic E-state index is 11.8. The summed E-state index contributed by atoms with van der Waals surface area (Å²) in [6.07, 6.45) is 3.75. The van der Waals surface area contributed by atoms with Crippen LogP contribution in [0.25, 0.3) is 6.08 Å². The lowest BCUT2D eigenvalue weighted by atomic mass is 10.1. The quantitative estimate of drug-likeness (QED) is 0.735. The lowest BCUT2D eigenvalue weighted by Gasteiger charge is -2.04. The summed E-state index contributed by atoms with van der Waals surface area (Å²) >= 11 is 0. The number of carbonyl (C=O) groups is 1. The number of amides is 1. The molecule has 0 bridgehead atoms. The van der Waals surface area contributed by atoms with Crippen LogP contribution in [-0.4, -0.2) is 28.0 Å². The molecular formula is C18H20N2O4S. The summed E-state index contributed by atoms with van der Waals surface area (Å²) in [6.45, 7) is 0.440. The molecule has 3 N–H and O–H groups in total. The minimum atomic E-state index is -3.68. The molecule has 7 heteroatoms. The maximum absolute atomic E-state index is 11.8. The van der Waals surface area contributed by atoms with Gasteiger partial charge in [-0.05, 0) is 47.9 Å². The molecule has 0 aromatic heterocycles. The Morgan fingerprint density at radius 3 is 2.56 bits per heavy atom. The van der Waals surface area contributed by atoms with E-state index in [2.05, 4.69) is 5.32 Å². The van der Waals surface area contributed by atoms with Crippen LogP contribution < -0.4 is 15.2 Å². The molecule has 2 aromatic rings. The first-order chi connectivity index (χ1) is 11.9. The van der Waals surface area contributed by atoms with Crippen molar-refractivity contribution in [2.75, 3.05) is 13.7 Å². The SMILES string of the molecule is COc1cccc(C=CC(=O)NCCc2ccc(S(N)(=O)=O)cc2)c1. The lowest BCUT2D eigenvalue weighted by molar-refractivity contribution is -0.116. The fraction of sp³-hybridized carbons (Fsp3) is 0.167. The van der Waals surface area contributed by atoms with Gasteiger partial charge in [-0.1, -0.05) is 24.3 Å². The van der Waals surface area contributed by atoms with Gasteiger partial charge in [-0.25, -0.2) is 13.6 Å². The number of benzene rings is 2. The highest BCUT2D eigenvalue weighted by atomic mass is 32.2. The van der Waals surface area contributed by atoms with Crippen molar-refractivity contribution in [2.24, 2.45) is 5.14 Å². The first-order valence-electron chi connectivity index (χ1n) is 7.60. The molecule has 6 nitrogen and oxygen atoms in total. The third-order valence-corrected chi connectivity index (χ3v) is 4.41. The first-order valence-corrected chi connectivity index (χ1v) is 9.15. The topological polar surface area (TPSA) is 98.5 Å². The minimum absolute atomic E-state index is 0.0708. The van der Waals surface area contributed by atoms with Crippen molar-refractivity contribution >= 4 is 22.0 Å². The van der Waals surface area contributed by atoms with E-state index >= 15 is 0 Å². The number of nitrogens with one attached hydrogen (secondary N) is 1. The van der Waals surface area contributed by atoms with E-state index in [4.69, 9.17) is 9.88 Å². The number of rotatable bonds is 7. The second-order valence-corrected chi connectivity index (χ2v) is 6.90. The van der Waals surface area contributed by atoms with E-state index in [0.717, 1.165) is 16.9 Å². The second-order valence-electron chi connectivity index (χ2n) is 5.34. The summed E-state index contributed by atoms with van der Waals surface area (Å²) in [5, 5.41) is 7.82. The van der Waals surface area contributed by atoms with Crippen molar-refractivity contribution in [3.05, 3.63) is 65.7 Å². The van der Waals surface area contributed by atoms with E-state index in [-0.39, 0.29) is 10.8 Å². The van der Waals surface area contributed by atoms with E-state index in [1.54, 1.807) is 25.3 Å². The monoisotopic (exact) mass is 360 g/mol. The maximum Gasteiger partial charge on any atom is 0.244 e. The number of sulfonamides is 1. The largest absolute Gasteiger partial charge is 0.497 e. The van der Waals surface area contributed by atoms with Gasteiger partial charge in [-0.3, -0.25) is 4.79 Å². The van der Waals surface area contributed by atoms with Crippen LogP contribution in [-0.2, 0) is 21.2 Å². The Kier molecular flexibility index (Phi) is 6.32. The number of hydrogen-bond donors (Lipinski definition) is 2. The highest BCUT2D eigenvalue weighted by molar-refractivity contribution is 7.89. The Hall–Kier alpha value is -2.64. The molecule has 0 atom stereocenters. The third-order valence-electron chi connectivity index (χ3n) is 3.49. The van der Waals surface area contributed by atoms with Crippen LogP contribution in [0.2, 0.25) is 0 Å². The zero-order chi connectivity index (χ0) is 18.3. The molecule has 25 heavy (non-hydrogen) atoms. The molecule has 0 radical (unpaired) electrons. The summed E-state index contributed by atoms with van der Waals surface area (Å²) in [6, 6.07) is 13.6. The van der Waals surface area contributed by atoms with Gasteiger partial charge >= 0.3 is 0 Å². The summed E-state index contributed by atoms with van der Waals surface area (Å²) in [4.78, 5) is 11.9. The molecule has 0 aliphatic heterocycles. The highest BCUT2D eigenvalue weighted by Gasteiger charge is 2.06. The molecule has 2 aromatic carbocycles. The summed E-state index contributed by atoms with van der Waals surface area (Å²) in [5.74, 6) is 0.523. The van der Waals surface area contributed by atoms with Crippen molar-refractivity contribution in [1.82, 2.24) is 5.32 Å². The molecule has 0 saturated carbocycles. The predicted molar refractivity (Wildman–Crippen MR) is 96.6 cm³/mol. The number of carbonyl (C=O) groups excluding carboxylic acids is 1. The van der Waals surface area contributed by atoms with Crippen LogP contribution in [0.4, 0.5) is 0 Å². The van der Waals surface area contributed by atoms with E-state index in [0.29, 0.717) is 13.0 Å². The van der Waals surface area contributed by atoms with Crippen LogP contribution in [0.1, 0.15) is 11.1 Å². The van der Waals surface area contributed by atoms with Gasteiger partial charge in [0.15, 0.2) is 0 Å². The molecule has 0 spiro atoms. The van der Waals surface area contributed by atoms with Crippen LogP contribution in [0.5, 0.6) is 5.75 Å². The average molecular weight is 360 g/mol. The van der Waals surface area contributed by atoms with Crippen molar-refractivity contribution in [1.29, 1.82) is 0 Å². The van der Waals surface area contributed by atoms with Crippen LogP contribution in [0.15, 0.2) is 59.5 Å². The van der Waals surface area contributed by atoms with E-state index in [1.807, 2.05) is 24.3 Å². The zero-order valence-electron chi connectivity index (χ0n) is 13.8. The van der Waals surface area contributed by atoms with Gasteiger partial charge in [-0.2, -0.15) is 0 Å². The zero-order valence-corrected chi connectivity index (χ0v) is 14.6. The molecule has 0 saturated heterocycles. The second kappa shape index (κ2) is 8.46. The number of hydrogen-bond acceptors (Lipinski definition) is 4. The fourth-order valence-electron chi connectivity index (χ4n) is 2.15. The van der Waals surface area contributed by atoms with Gasteiger partial charge in [0, 0.05) is 12.6 Å². The first kappa shape index (κ1) is 18.7. The van der Waals surface area contributed by atoms with Gasteiger partial charge < -0.3 is 10.1 Å². The molecule has 1 amide bonds. The Bertz CT molecular complexity index is 859. The van der Waals surface area contributed by atoms with Crippen LogP contribution >= 0.6 is 0 Å². The van der Waals surface area contributed by atoms with Crippen LogP contribution in [0.3, 0.4) is 0 Å². The number of methoxy groups -OCH3 is 1.